The summed E-state index contributed by atoms with van der Waals surface area (Å²) in [4.78, 5) is 16.2. The molecule has 0 fully saturated rings. The first kappa shape index (κ1) is 32.5. The molecule has 0 saturated carbocycles. The van der Waals surface area contributed by atoms with Crippen molar-refractivity contribution < 1.29 is 9.15 Å². The molecule has 0 amide bonds. The van der Waals surface area contributed by atoms with E-state index in [4.69, 9.17) is 24.1 Å². The summed E-state index contributed by atoms with van der Waals surface area (Å²) in [5, 5.41) is 6.69. The minimum absolute atomic E-state index is 0.464. The number of benzene rings is 7. The van der Waals surface area contributed by atoms with Crippen LogP contribution in [0.2, 0.25) is 0 Å². The average molecular weight is 748 g/mol. The van der Waals surface area contributed by atoms with Crippen LogP contribution in [0.3, 0.4) is 0 Å². The van der Waals surface area contributed by atoms with E-state index in [1.807, 2.05) is 61.5 Å². The second kappa shape index (κ2) is 12.6. The van der Waals surface area contributed by atoms with E-state index < -0.39 is 5.92 Å². The Labute approximate surface area is 332 Å². The van der Waals surface area contributed by atoms with Gasteiger partial charge in [-0.25, -0.2) is 4.98 Å². The van der Waals surface area contributed by atoms with Gasteiger partial charge in [0.2, 0.25) is 5.95 Å². The third kappa shape index (κ3) is 4.77. The normalized spacial score (nSPS) is 14.9. The number of nitrogens with zero attached hydrogens (tertiary/aromatic N) is 5. The van der Waals surface area contributed by atoms with Crippen LogP contribution in [-0.4, -0.2) is 24.1 Å². The molecule has 1 aliphatic heterocycles. The number of hydrogen-bond acceptors (Lipinski definition) is 5. The van der Waals surface area contributed by atoms with Gasteiger partial charge in [0.05, 0.1) is 27.8 Å². The van der Waals surface area contributed by atoms with Gasteiger partial charge in [0.25, 0.3) is 0 Å². The van der Waals surface area contributed by atoms with Crippen molar-refractivity contribution in [1.29, 1.82) is 0 Å². The monoisotopic (exact) mass is 747 g/mol. The van der Waals surface area contributed by atoms with Gasteiger partial charge in [0, 0.05) is 43.4 Å². The molecule has 12 rings (SSSR count). The molecule has 0 aliphatic carbocycles. The van der Waals surface area contributed by atoms with E-state index in [2.05, 4.69) is 130 Å². The van der Waals surface area contributed by atoms with Crippen LogP contribution in [0.4, 0.5) is 0 Å². The van der Waals surface area contributed by atoms with Gasteiger partial charge in [-0.2, -0.15) is 9.97 Å². The smallest absolute Gasteiger partial charge is 0.238 e. The number of allylic oxidation sites excluding steroid dienone is 4. The van der Waals surface area contributed by atoms with Gasteiger partial charge in [-0.05, 0) is 73.7 Å². The Balaban J connectivity index is 1.16. The van der Waals surface area contributed by atoms with E-state index in [0.29, 0.717) is 17.6 Å². The summed E-state index contributed by atoms with van der Waals surface area (Å²) in [6.45, 7) is 2.01. The van der Waals surface area contributed by atoms with Crippen LogP contribution in [0, 0.1) is 0 Å². The summed E-state index contributed by atoms with van der Waals surface area (Å²) in [7, 11) is 0. The molecule has 7 aromatic carbocycles. The summed E-state index contributed by atoms with van der Waals surface area (Å²) in [6.07, 6.45) is 6.06. The third-order valence-corrected chi connectivity index (χ3v) is 11.4. The number of furan rings is 1. The highest BCUT2D eigenvalue weighted by molar-refractivity contribution is 6.10. The molecule has 7 nitrogen and oxygen atoms in total. The number of aromatic nitrogens is 5. The number of fused-ring (bicyclic) bond motifs is 10. The number of hydrogen-bond donors (Lipinski definition) is 0. The molecule has 0 saturated heterocycles. The van der Waals surface area contributed by atoms with Crippen LogP contribution in [0.5, 0.6) is 5.75 Å². The van der Waals surface area contributed by atoms with Crippen molar-refractivity contribution in [2.75, 3.05) is 0 Å². The topological polar surface area (TPSA) is 70.9 Å². The lowest BCUT2D eigenvalue weighted by Gasteiger charge is -2.18. The first-order valence-corrected chi connectivity index (χ1v) is 19.5. The maximum absolute atomic E-state index is 6.83. The zero-order valence-electron chi connectivity index (χ0n) is 31.4. The Morgan fingerprint density at radius 3 is 1.78 bits per heavy atom. The molecule has 4 aromatic heterocycles. The molecule has 11 aromatic rings. The Morgan fingerprint density at radius 1 is 0.534 bits per heavy atom. The van der Waals surface area contributed by atoms with Gasteiger partial charge in [-0.15, -0.1) is 0 Å². The lowest BCUT2D eigenvalue weighted by atomic mass is 9.95. The summed E-state index contributed by atoms with van der Waals surface area (Å²) in [5.74, 6) is 2.72. The molecule has 7 heteroatoms. The van der Waals surface area contributed by atoms with Gasteiger partial charge in [0.15, 0.2) is 5.82 Å². The van der Waals surface area contributed by atoms with E-state index in [0.717, 1.165) is 83.1 Å². The van der Waals surface area contributed by atoms with Crippen LogP contribution in [-0.2, 0) is 0 Å². The molecular formula is C51H33N5O2. The van der Waals surface area contributed by atoms with Crippen molar-refractivity contribution in [3.63, 3.8) is 0 Å². The molecule has 274 valence electrons. The molecule has 0 N–H and O–H groups in total. The molecule has 58 heavy (non-hydrogen) atoms. The van der Waals surface area contributed by atoms with Crippen molar-refractivity contribution in [1.82, 2.24) is 24.1 Å². The van der Waals surface area contributed by atoms with Crippen molar-refractivity contribution in [2.45, 2.75) is 12.8 Å². The van der Waals surface area contributed by atoms with Crippen LogP contribution in [0.1, 0.15) is 24.2 Å². The molecule has 0 spiro atoms. The van der Waals surface area contributed by atoms with E-state index in [9.17, 15) is 0 Å². The van der Waals surface area contributed by atoms with Crippen molar-refractivity contribution in [3.05, 3.63) is 193 Å². The molecular weight excluding hydrogens is 715 g/mol. The highest BCUT2D eigenvalue weighted by atomic mass is 16.5. The highest BCUT2D eigenvalue weighted by Crippen LogP contribution is 2.49. The second-order valence-electron chi connectivity index (χ2n) is 14.7. The molecule has 0 bridgehead atoms. The number of rotatable bonds is 5. The predicted molar refractivity (Wildman–Crippen MR) is 233 cm³/mol. The second-order valence-corrected chi connectivity index (χ2v) is 14.7. The van der Waals surface area contributed by atoms with Crippen LogP contribution >= 0.6 is 0 Å². The molecule has 0 radical (unpaired) electrons. The molecule has 1 unspecified atom stereocenters. The van der Waals surface area contributed by atoms with Crippen LogP contribution in [0.15, 0.2) is 186 Å². The zero-order chi connectivity index (χ0) is 38.3. The summed E-state index contributed by atoms with van der Waals surface area (Å²) >= 11 is 0. The zero-order valence-corrected chi connectivity index (χ0v) is 31.4. The maximum Gasteiger partial charge on any atom is 0.238 e. The van der Waals surface area contributed by atoms with Gasteiger partial charge >= 0.3 is 0 Å². The summed E-state index contributed by atoms with van der Waals surface area (Å²) in [6, 6.07) is 54.6. The van der Waals surface area contributed by atoms with Crippen molar-refractivity contribution in [2.24, 2.45) is 0 Å². The van der Waals surface area contributed by atoms with Gasteiger partial charge < -0.3 is 13.7 Å². The van der Waals surface area contributed by atoms with Gasteiger partial charge in [-0.1, -0.05) is 109 Å². The lowest BCUT2D eigenvalue weighted by Crippen LogP contribution is -2.14. The minimum atomic E-state index is -0.464. The fourth-order valence-electron chi connectivity index (χ4n) is 8.94. The van der Waals surface area contributed by atoms with Crippen LogP contribution in [0.25, 0.3) is 88.6 Å². The molecule has 5 heterocycles. The fourth-order valence-corrected chi connectivity index (χ4v) is 8.94. The molecule has 1 atom stereocenters. The van der Waals surface area contributed by atoms with Crippen molar-refractivity contribution in [3.8, 4) is 28.8 Å². The quantitative estimate of drug-likeness (QED) is 0.175. The predicted octanol–water partition coefficient (Wildman–Crippen LogP) is 12.6. The van der Waals surface area contributed by atoms with E-state index in [1.54, 1.807) is 0 Å². The highest BCUT2D eigenvalue weighted by Gasteiger charge is 2.37. The Kier molecular flexibility index (Phi) is 7.07. The standard InChI is InChI=1S/C51H33N5O2/c1-2-3-25-46-48(47-42(24-14-27-45(47)58-46)55-38-20-9-4-15-32(38)33-16-5-10-21-39(33)55)50-52-49(31-28-29-44-37(30-31)36-19-8-13-26-43(36)57-44)53-51(54-50)56-40-22-11-6-17-34(40)35-18-7-12-23-41(35)56/h2-30,48H,1H3/b3-2-,46-25+. The maximum atomic E-state index is 6.83. The van der Waals surface area contributed by atoms with Crippen LogP contribution < -0.4 is 4.74 Å². The van der Waals surface area contributed by atoms with E-state index >= 15 is 0 Å². The summed E-state index contributed by atoms with van der Waals surface area (Å²) < 4.78 is 17.6. The lowest BCUT2D eigenvalue weighted by molar-refractivity contribution is 0.433. The largest absolute Gasteiger partial charge is 0.460 e. The van der Waals surface area contributed by atoms with E-state index in [-0.39, 0.29) is 0 Å². The molecule has 1 aliphatic rings. The van der Waals surface area contributed by atoms with Crippen molar-refractivity contribution >= 4 is 65.6 Å². The SMILES string of the molecule is C/C=C\C=C1\Oc2cccc(-n3c4ccccc4c4ccccc43)c2C1c1nc(-c2ccc3oc4ccccc4c3c2)nc(-n2c3ccccc3c3ccccc32)n1. The Morgan fingerprint density at radius 2 is 1.12 bits per heavy atom. The summed E-state index contributed by atoms with van der Waals surface area (Å²) in [5.41, 5.74) is 8.78. The van der Waals surface area contributed by atoms with Gasteiger partial charge in [0.1, 0.15) is 34.4 Å². The minimum Gasteiger partial charge on any atom is -0.460 e. The fraction of sp³-hybridized carbons (Fsp3) is 0.0392. The van der Waals surface area contributed by atoms with E-state index in [1.165, 1.54) is 10.8 Å². The Hall–Kier alpha value is -7.77. The Bertz CT molecular complexity index is 3420. The number of para-hydroxylation sites is 5. The first-order valence-electron chi connectivity index (χ1n) is 19.5. The third-order valence-electron chi connectivity index (χ3n) is 11.4. The van der Waals surface area contributed by atoms with Gasteiger partial charge in [-0.3, -0.25) is 4.57 Å². The number of ether oxygens (including phenoxy) is 1. The first-order chi connectivity index (χ1) is 28.7. The average Bonchev–Trinajstić information content (AvgIpc) is 4.03.